The predicted octanol–water partition coefficient (Wildman–Crippen LogP) is 11.1. The summed E-state index contributed by atoms with van der Waals surface area (Å²) >= 11 is 0. The summed E-state index contributed by atoms with van der Waals surface area (Å²) in [5.74, 6) is 3.48. The molecule has 3 fully saturated rings. The lowest BCUT2D eigenvalue weighted by atomic mass is 9.68. The molecule has 3 heteroatoms. The molecule has 0 atom stereocenters. The number of halogens is 2. The lowest BCUT2D eigenvalue weighted by Gasteiger charge is -2.38. The van der Waals surface area contributed by atoms with E-state index in [0.717, 1.165) is 42.9 Å². The fourth-order valence-corrected chi connectivity index (χ4v) is 8.12. The third-order valence-corrected chi connectivity index (χ3v) is 10.8. The van der Waals surface area contributed by atoms with Crippen molar-refractivity contribution in [3.63, 3.8) is 0 Å². The minimum Gasteiger partial charge on any atom is -0.490 e. The number of aryl methyl sites for hydroxylation is 1. The first-order valence-electron chi connectivity index (χ1n) is 16.7. The highest BCUT2D eigenvalue weighted by atomic mass is 19.2. The Kier molecular flexibility index (Phi) is 12.3. The van der Waals surface area contributed by atoms with E-state index in [1.165, 1.54) is 103 Å². The van der Waals surface area contributed by atoms with Gasteiger partial charge in [-0.2, -0.15) is 4.39 Å². The van der Waals surface area contributed by atoms with Gasteiger partial charge in [-0.05, 0) is 98.5 Å². The molecule has 1 aromatic rings. The Balaban J connectivity index is 1.15. The van der Waals surface area contributed by atoms with Crippen LogP contribution in [0.25, 0.3) is 0 Å². The molecule has 4 rings (SSSR count). The fraction of sp³-hybridized carbons (Fsp3) is 0.829. The second kappa shape index (κ2) is 15.6. The molecular formula is C35H56F2O. The number of hydrogen-bond donors (Lipinski definition) is 0. The van der Waals surface area contributed by atoms with Crippen LogP contribution < -0.4 is 4.74 Å². The highest BCUT2D eigenvalue weighted by Gasteiger charge is 2.31. The highest BCUT2D eigenvalue weighted by molar-refractivity contribution is 5.31. The molecule has 0 bridgehead atoms. The molecule has 0 saturated heterocycles. The average Bonchev–Trinajstić information content (AvgIpc) is 2.95. The Morgan fingerprint density at radius 1 is 0.605 bits per heavy atom. The van der Waals surface area contributed by atoms with Crippen molar-refractivity contribution in [1.82, 2.24) is 0 Å². The second-order valence-electron chi connectivity index (χ2n) is 13.4. The van der Waals surface area contributed by atoms with Gasteiger partial charge in [0.1, 0.15) is 0 Å². The van der Waals surface area contributed by atoms with Crippen molar-refractivity contribution in [3.8, 4) is 5.75 Å². The number of ether oxygens (including phenoxy) is 1. The lowest BCUT2D eigenvalue weighted by molar-refractivity contribution is 0.141. The van der Waals surface area contributed by atoms with Gasteiger partial charge in [0.25, 0.3) is 0 Å². The third kappa shape index (κ3) is 8.69. The molecule has 1 nitrogen and oxygen atoms in total. The zero-order chi connectivity index (χ0) is 26.7. The van der Waals surface area contributed by atoms with Crippen molar-refractivity contribution in [2.45, 2.75) is 142 Å². The van der Waals surface area contributed by atoms with E-state index < -0.39 is 11.6 Å². The van der Waals surface area contributed by atoms with Gasteiger partial charge in [0.05, 0.1) is 6.61 Å². The molecule has 1 aromatic carbocycles. The molecule has 0 N–H and O–H groups in total. The van der Waals surface area contributed by atoms with E-state index in [2.05, 4.69) is 13.8 Å². The molecule has 3 saturated carbocycles. The van der Waals surface area contributed by atoms with Crippen LogP contribution >= 0.6 is 0 Å². The number of unbranched alkanes of at least 4 members (excludes halogenated alkanes) is 2. The number of benzene rings is 1. The van der Waals surface area contributed by atoms with E-state index in [-0.39, 0.29) is 5.75 Å². The molecule has 0 aliphatic heterocycles. The summed E-state index contributed by atoms with van der Waals surface area (Å²) in [5, 5.41) is 0. The van der Waals surface area contributed by atoms with Gasteiger partial charge < -0.3 is 4.74 Å². The van der Waals surface area contributed by atoms with E-state index in [1.54, 1.807) is 12.1 Å². The summed E-state index contributed by atoms with van der Waals surface area (Å²) in [6, 6.07) is 3.45. The summed E-state index contributed by atoms with van der Waals surface area (Å²) in [7, 11) is 0. The molecule has 216 valence electrons. The van der Waals surface area contributed by atoms with Crippen molar-refractivity contribution >= 4 is 0 Å². The van der Waals surface area contributed by atoms with Crippen LogP contribution in [0.1, 0.15) is 141 Å². The summed E-state index contributed by atoms with van der Waals surface area (Å²) < 4.78 is 35.6. The highest BCUT2D eigenvalue weighted by Crippen LogP contribution is 2.43. The minimum atomic E-state index is -0.780. The van der Waals surface area contributed by atoms with Crippen LogP contribution in [0.3, 0.4) is 0 Å². The maximum Gasteiger partial charge on any atom is 0.200 e. The first kappa shape index (κ1) is 29.9. The minimum absolute atomic E-state index is 0.102. The number of hydrogen-bond acceptors (Lipinski definition) is 1. The second-order valence-corrected chi connectivity index (χ2v) is 13.4. The quantitative estimate of drug-likeness (QED) is 0.230. The zero-order valence-corrected chi connectivity index (χ0v) is 24.6. The molecule has 3 aliphatic rings. The van der Waals surface area contributed by atoms with Crippen molar-refractivity contribution in [3.05, 3.63) is 29.3 Å². The SMILES string of the molecule is CCCCC[C@H]1CC[C@H](COc2ccc(CC[C@H]3CC[C@H]([C@H]4CC[C@H](CCC)CC4)CC3)c(F)c2F)CC1. The topological polar surface area (TPSA) is 9.23 Å². The van der Waals surface area contributed by atoms with Crippen LogP contribution in [0, 0.1) is 47.1 Å². The van der Waals surface area contributed by atoms with Crippen LogP contribution in [0.15, 0.2) is 12.1 Å². The fourth-order valence-electron chi connectivity index (χ4n) is 8.12. The normalized spacial score (nSPS) is 30.3. The molecule has 0 heterocycles. The molecular weight excluding hydrogens is 474 g/mol. The Labute approximate surface area is 232 Å². The number of rotatable bonds is 13. The van der Waals surface area contributed by atoms with Gasteiger partial charge in [-0.15, -0.1) is 0 Å². The van der Waals surface area contributed by atoms with Crippen molar-refractivity contribution < 1.29 is 13.5 Å². The van der Waals surface area contributed by atoms with Crippen LogP contribution in [-0.2, 0) is 6.42 Å². The van der Waals surface area contributed by atoms with Gasteiger partial charge in [0.2, 0.25) is 5.82 Å². The smallest absolute Gasteiger partial charge is 0.200 e. The van der Waals surface area contributed by atoms with Crippen LogP contribution in [-0.4, -0.2) is 6.61 Å². The maximum absolute atomic E-state index is 14.9. The Morgan fingerprint density at radius 3 is 1.76 bits per heavy atom. The summed E-state index contributed by atoms with van der Waals surface area (Å²) in [6.07, 6.45) is 25.5. The first-order valence-corrected chi connectivity index (χ1v) is 16.7. The van der Waals surface area contributed by atoms with Crippen molar-refractivity contribution in [2.24, 2.45) is 35.5 Å². The Bertz CT molecular complexity index is 798. The van der Waals surface area contributed by atoms with E-state index in [0.29, 0.717) is 30.4 Å². The zero-order valence-electron chi connectivity index (χ0n) is 24.6. The van der Waals surface area contributed by atoms with Gasteiger partial charge in [-0.3, -0.25) is 0 Å². The Morgan fingerprint density at radius 2 is 1.16 bits per heavy atom. The van der Waals surface area contributed by atoms with Crippen LogP contribution in [0.5, 0.6) is 5.75 Å². The maximum atomic E-state index is 14.9. The monoisotopic (exact) mass is 530 g/mol. The van der Waals surface area contributed by atoms with E-state index in [1.807, 2.05) is 0 Å². The van der Waals surface area contributed by atoms with Gasteiger partial charge in [-0.1, -0.05) is 97.0 Å². The van der Waals surface area contributed by atoms with Crippen LogP contribution in [0.4, 0.5) is 8.78 Å². The molecule has 38 heavy (non-hydrogen) atoms. The van der Waals surface area contributed by atoms with E-state index >= 15 is 0 Å². The first-order chi connectivity index (χ1) is 18.6. The molecule has 0 amide bonds. The molecule has 0 aromatic heterocycles. The van der Waals surface area contributed by atoms with Crippen molar-refractivity contribution in [1.29, 1.82) is 0 Å². The predicted molar refractivity (Wildman–Crippen MR) is 156 cm³/mol. The molecule has 0 spiro atoms. The summed E-state index contributed by atoms with van der Waals surface area (Å²) in [6.45, 7) is 5.09. The van der Waals surface area contributed by atoms with E-state index in [4.69, 9.17) is 4.74 Å². The molecule has 0 unspecified atom stereocenters. The Hall–Kier alpha value is -1.12. The molecule has 3 aliphatic carbocycles. The van der Waals surface area contributed by atoms with E-state index in [9.17, 15) is 8.78 Å². The van der Waals surface area contributed by atoms with Gasteiger partial charge in [0.15, 0.2) is 11.6 Å². The van der Waals surface area contributed by atoms with Gasteiger partial charge in [0, 0.05) is 0 Å². The van der Waals surface area contributed by atoms with Crippen molar-refractivity contribution in [2.75, 3.05) is 6.61 Å². The van der Waals surface area contributed by atoms with Gasteiger partial charge >= 0.3 is 0 Å². The average molecular weight is 531 g/mol. The lowest BCUT2D eigenvalue weighted by Crippen LogP contribution is -2.26. The van der Waals surface area contributed by atoms with Crippen LogP contribution in [0.2, 0.25) is 0 Å². The standard InChI is InChI=1S/C35H56F2O/c1-3-5-6-8-27-9-11-29(12-10-27)25-38-33-24-23-32(34(36)35(33)37)22-17-28-15-20-31(21-16-28)30-18-13-26(7-4-2)14-19-30/h23-24,26-31H,3-22,25H2,1-2H3/t26-,27-,28-,29-,30-,31-. The van der Waals surface area contributed by atoms with Gasteiger partial charge in [-0.25, -0.2) is 4.39 Å². The largest absolute Gasteiger partial charge is 0.490 e. The third-order valence-electron chi connectivity index (χ3n) is 10.8. The summed E-state index contributed by atoms with van der Waals surface area (Å²) in [5.41, 5.74) is 0.527. The molecule has 0 radical (unpaired) electrons. The summed E-state index contributed by atoms with van der Waals surface area (Å²) in [4.78, 5) is 0.